The molecule has 0 unspecified atom stereocenters. The van der Waals surface area contributed by atoms with Gasteiger partial charge in [-0.25, -0.2) is 0 Å². The molecular weight excluding hydrogens is 106 g/mol. The summed E-state index contributed by atoms with van der Waals surface area (Å²) in [6, 6.07) is 0. The van der Waals surface area contributed by atoms with Gasteiger partial charge in [0, 0.05) is 11.1 Å². The molecule has 0 aliphatic heterocycles. The van der Waals surface area contributed by atoms with Gasteiger partial charge in [-0.3, -0.25) is 0 Å². The number of hydrogen-bond acceptors (Lipinski definition) is 2. The first-order valence-electron chi connectivity index (χ1n) is 1.97. The summed E-state index contributed by atoms with van der Waals surface area (Å²) in [7, 11) is 0. The van der Waals surface area contributed by atoms with Gasteiger partial charge in [0.15, 0.2) is 0 Å². The van der Waals surface area contributed by atoms with Crippen molar-refractivity contribution in [1.29, 1.82) is 0 Å². The summed E-state index contributed by atoms with van der Waals surface area (Å²) in [5, 5.41) is 1.75. The molecule has 0 aliphatic carbocycles. The molecule has 0 bridgehead atoms. The maximum absolute atomic E-state index is 5.13. The molecule has 1 nitrogen and oxygen atoms in total. The van der Waals surface area contributed by atoms with Crippen LogP contribution in [0.25, 0.3) is 0 Å². The highest BCUT2D eigenvalue weighted by Crippen LogP contribution is 2.11. The monoisotopic (exact) mass is 115 g/mol. The minimum absolute atomic E-state index is 1.08. The van der Waals surface area contributed by atoms with E-state index in [9.17, 15) is 0 Å². The fourth-order valence-corrected chi connectivity index (χ4v) is 0.512. The molecule has 0 spiro atoms. The largest absolute Gasteiger partial charge is 0.404 e. The Hall–Kier alpha value is -0.370. The first-order valence-corrected chi connectivity index (χ1v) is 2.85. The van der Waals surface area contributed by atoms with E-state index in [0.717, 1.165) is 4.91 Å². The molecule has 0 aliphatic rings. The Morgan fingerprint density at radius 2 is 2.43 bits per heavy atom. The maximum Gasteiger partial charge on any atom is 0.00351 e. The quantitative estimate of drug-likeness (QED) is 0.592. The van der Waals surface area contributed by atoms with Crippen molar-refractivity contribution in [2.45, 2.75) is 6.92 Å². The van der Waals surface area contributed by atoms with Crippen molar-refractivity contribution in [3.8, 4) is 0 Å². The van der Waals surface area contributed by atoms with Crippen LogP contribution in [0.3, 0.4) is 0 Å². The van der Waals surface area contributed by atoms with Gasteiger partial charge in [-0.2, -0.15) is 0 Å². The highest BCUT2D eigenvalue weighted by Gasteiger charge is 1.77. The van der Waals surface area contributed by atoms with Crippen LogP contribution in [0.15, 0.2) is 23.1 Å². The van der Waals surface area contributed by atoms with Gasteiger partial charge in [-0.05, 0) is 12.3 Å². The van der Waals surface area contributed by atoms with Crippen LogP contribution < -0.4 is 5.73 Å². The number of allylic oxidation sites excluding steroid dienone is 1. The Morgan fingerprint density at radius 1 is 1.86 bits per heavy atom. The zero-order valence-corrected chi connectivity index (χ0v) is 5.16. The van der Waals surface area contributed by atoms with Crippen molar-refractivity contribution in [1.82, 2.24) is 0 Å². The fraction of sp³-hybridized carbons (Fsp3) is 0.200. The van der Waals surface area contributed by atoms with E-state index < -0.39 is 0 Å². The van der Waals surface area contributed by atoms with E-state index in [1.54, 1.807) is 11.6 Å². The van der Waals surface area contributed by atoms with Crippen molar-refractivity contribution in [2.75, 3.05) is 0 Å². The molecule has 0 aromatic rings. The molecular formula is C5H9NS. The van der Waals surface area contributed by atoms with Gasteiger partial charge in [-0.15, -0.1) is 11.8 Å². The van der Waals surface area contributed by atoms with Gasteiger partial charge in [0.25, 0.3) is 0 Å². The smallest absolute Gasteiger partial charge is 0.00351 e. The maximum atomic E-state index is 5.13. The molecule has 0 radical (unpaired) electrons. The van der Waals surface area contributed by atoms with E-state index in [4.69, 9.17) is 5.73 Å². The van der Waals surface area contributed by atoms with Gasteiger partial charge >= 0.3 is 0 Å². The van der Waals surface area contributed by atoms with E-state index in [0.29, 0.717) is 0 Å². The van der Waals surface area contributed by atoms with Crippen molar-refractivity contribution >= 4 is 11.8 Å². The molecule has 0 atom stereocenters. The molecule has 0 saturated carbocycles. The minimum atomic E-state index is 1.08. The van der Waals surface area contributed by atoms with Crippen LogP contribution in [-0.2, 0) is 0 Å². The third-order valence-corrected chi connectivity index (χ3v) is 1.18. The SMILES string of the molecule is C=CS/C(C)=C\N. The molecule has 0 heterocycles. The number of thioether (sulfide) groups is 1. The van der Waals surface area contributed by atoms with Gasteiger partial charge < -0.3 is 5.73 Å². The summed E-state index contributed by atoms with van der Waals surface area (Å²) in [6.45, 7) is 5.45. The van der Waals surface area contributed by atoms with E-state index in [-0.39, 0.29) is 0 Å². The van der Waals surface area contributed by atoms with Crippen LogP contribution >= 0.6 is 11.8 Å². The molecule has 2 heteroatoms. The molecule has 0 rings (SSSR count). The topological polar surface area (TPSA) is 26.0 Å². The van der Waals surface area contributed by atoms with E-state index in [1.807, 2.05) is 6.92 Å². The second-order valence-corrected chi connectivity index (χ2v) is 2.27. The molecule has 0 aromatic carbocycles. The van der Waals surface area contributed by atoms with Gasteiger partial charge in [0.2, 0.25) is 0 Å². The van der Waals surface area contributed by atoms with Gasteiger partial charge in [-0.1, -0.05) is 6.58 Å². The summed E-state index contributed by atoms with van der Waals surface area (Å²) in [6.07, 6.45) is 1.56. The predicted octanol–water partition coefficient (Wildman–Crippen LogP) is 1.68. The molecule has 0 saturated heterocycles. The molecule has 2 N–H and O–H groups in total. The Bertz CT molecular complexity index is 86.1. The van der Waals surface area contributed by atoms with Crippen LogP contribution in [-0.4, -0.2) is 0 Å². The molecule has 0 fully saturated rings. The minimum Gasteiger partial charge on any atom is -0.404 e. The lowest BCUT2D eigenvalue weighted by Crippen LogP contribution is -1.77. The van der Waals surface area contributed by atoms with Crippen molar-refractivity contribution < 1.29 is 0 Å². The Kier molecular flexibility index (Phi) is 3.61. The van der Waals surface area contributed by atoms with Crippen molar-refractivity contribution in [2.24, 2.45) is 5.73 Å². The molecule has 40 valence electrons. The normalized spacial score (nSPS) is 11.3. The summed E-state index contributed by atoms with van der Waals surface area (Å²) in [5.41, 5.74) is 5.13. The van der Waals surface area contributed by atoms with E-state index >= 15 is 0 Å². The third-order valence-electron chi connectivity index (χ3n) is 0.504. The number of rotatable bonds is 2. The lowest BCUT2D eigenvalue weighted by atomic mass is 10.7. The van der Waals surface area contributed by atoms with Crippen LogP contribution in [0.5, 0.6) is 0 Å². The second kappa shape index (κ2) is 3.81. The third kappa shape index (κ3) is 3.46. The molecule has 0 aromatic heterocycles. The molecule has 7 heavy (non-hydrogen) atoms. The fourth-order valence-electron chi connectivity index (χ4n) is 0.171. The standard InChI is InChI=1S/C5H9NS/c1-3-7-5(2)4-6/h3-4H,1,6H2,2H3/b5-4-. The summed E-state index contributed by atoms with van der Waals surface area (Å²) < 4.78 is 0. The predicted molar refractivity (Wildman–Crippen MR) is 35.7 cm³/mol. The summed E-state index contributed by atoms with van der Waals surface area (Å²) in [4.78, 5) is 1.08. The van der Waals surface area contributed by atoms with Crippen molar-refractivity contribution in [3.63, 3.8) is 0 Å². The first kappa shape index (κ1) is 6.63. The van der Waals surface area contributed by atoms with Gasteiger partial charge in [0.05, 0.1) is 0 Å². The lowest BCUT2D eigenvalue weighted by Gasteiger charge is -1.86. The van der Waals surface area contributed by atoms with Gasteiger partial charge in [0.1, 0.15) is 0 Å². The average Bonchev–Trinajstić information content (AvgIpc) is 1.68. The highest BCUT2D eigenvalue weighted by atomic mass is 32.2. The van der Waals surface area contributed by atoms with Crippen LogP contribution in [0, 0.1) is 0 Å². The number of hydrogen-bond donors (Lipinski definition) is 1. The molecule has 0 amide bonds. The second-order valence-electron chi connectivity index (χ2n) is 1.06. The Morgan fingerprint density at radius 3 is 2.57 bits per heavy atom. The zero-order chi connectivity index (χ0) is 5.70. The first-order chi connectivity index (χ1) is 3.31. The van der Waals surface area contributed by atoms with E-state index in [2.05, 4.69) is 6.58 Å². The number of nitrogens with two attached hydrogens (primary N) is 1. The highest BCUT2D eigenvalue weighted by molar-refractivity contribution is 8.05. The van der Waals surface area contributed by atoms with Crippen LogP contribution in [0.2, 0.25) is 0 Å². The zero-order valence-electron chi connectivity index (χ0n) is 4.35. The Balaban J connectivity index is 3.36. The average molecular weight is 115 g/mol. The van der Waals surface area contributed by atoms with Crippen LogP contribution in [0.1, 0.15) is 6.92 Å². The van der Waals surface area contributed by atoms with Crippen LogP contribution in [0.4, 0.5) is 0 Å². The Labute approximate surface area is 48.3 Å². The van der Waals surface area contributed by atoms with E-state index in [1.165, 1.54) is 11.8 Å². The van der Waals surface area contributed by atoms with Crippen molar-refractivity contribution in [3.05, 3.63) is 23.1 Å². The lowest BCUT2D eigenvalue weighted by molar-refractivity contribution is 1.52. The summed E-state index contributed by atoms with van der Waals surface area (Å²) >= 11 is 1.53. The summed E-state index contributed by atoms with van der Waals surface area (Å²) in [5.74, 6) is 0.